The zero-order chi connectivity index (χ0) is 25.5. The fourth-order valence-corrected chi connectivity index (χ4v) is 3.95. The third-order valence-corrected chi connectivity index (χ3v) is 6.66. The zero-order valence-corrected chi connectivity index (χ0v) is 20.0. The number of ether oxygens (including phenoxy) is 1. The molecule has 0 unspecified atom stereocenters. The molecule has 0 saturated heterocycles. The van der Waals surface area contributed by atoms with Gasteiger partial charge in [-0.1, -0.05) is 11.6 Å². The number of aryl methyl sites for hydroxylation is 1. The van der Waals surface area contributed by atoms with Crippen molar-refractivity contribution < 1.29 is 31.1 Å². The van der Waals surface area contributed by atoms with E-state index >= 15 is 0 Å². The second-order valence-electron chi connectivity index (χ2n) is 7.93. The van der Waals surface area contributed by atoms with E-state index < -0.39 is 34.1 Å². The molecule has 3 rings (SSSR count). The second kappa shape index (κ2) is 8.91. The number of hydrogen-bond acceptors (Lipinski definition) is 7. The minimum atomic E-state index is -4.45. The van der Waals surface area contributed by atoms with Crippen LogP contribution in [0, 0.1) is 12.3 Å². The Bertz CT molecular complexity index is 1330. The molecule has 0 saturated carbocycles. The summed E-state index contributed by atoms with van der Waals surface area (Å²) in [7, 11) is -2.65. The van der Waals surface area contributed by atoms with Crippen molar-refractivity contribution in [1.29, 1.82) is 0 Å². The van der Waals surface area contributed by atoms with Gasteiger partial charge in [0.15, 0.2) is 5.82 Å². The van der Waals surface area contributed by atoms with Crippen molar-refractivity contribution in [2.75, 3.05) is 6.61 Å². The lowest BCUT2D eigenvalue weighted by atomic mass is 9.94. The van der Waals surface area contributed by atoms with Crippen molar-refractivity contribution in [3.8, 4) is 11.7 Å². The summed E-state index contributed by atoms with van der Waals surface area (Å²) in [5.74, 6) is -0.960. The highest BCUT2D eigenvalue weighted by atomic mass is 35.5. The minimum Gasteiger partial charge on any atom is -0.476 e. The summed E-state index contributed by atoms with van der Waals surface area (Å²) in [6.07, 6.45) is -1.96. The highest BCUT2D eigenvalue weighted by molar-refractivity contribution is 7.90. The summed E-state index contributed by atoms with van der Waals surface area (Å²) in [5, 5.41) is 7.51. The standard InChI is InChI=1S/C19H20ClF3N6O4S/c1-11-13(9-24-28(11)4)34(31,32)27-17(30)12-5-6-14(25-16(12)20)29-8-7-15(26-29)33-10-18(2,3)19(21,22)23/h5-9H,10H2,1-4H3,(H,27,30). The number of carbonyl (C=O) groups is 1. The number of halogens is 4. The Morgan fingerprint density at radius 2 is 1.91 bits per heavy atom. The first-order chi connectivity index (χ1) is 15.6. The number of pyridine rings is 1. The van der Waals surface area contributed by atoms with Crippen LogP contribution in [-0.2, 0) is 17.1 Å². The Morgan fingerprint density at radius 1 is 1.24 bits per heavy atom. The van der Waals surface area contributed by atoms with Crippen molar-refractivity contribution in [2.45, 2.75) is 31.8 Å². The Kier molecular flexibility index (Phi) is 6.68. The first-order valence-corrected chi connectivity index (χ1v) is 11.5. The molecule has 1 N–H and O–H groups in total. The summed E-state index contributed by atoms with van der Waals surface area (Å²) in [6.45, 7) is 2.89. The predicted octanol–water partition coefficient (Wildman–Crippen LogP) is 3.05. The van der Waals surface area contributed by atoms with E-state index in [2.05, 4.69) is 15.2 Å². The van der Waals surface area contributed by atoms with Gasteiger partial charge in [0, 0.05) is 19.3 Å². The van der Waals surface area contributed by atoms with Crippen molar-refractivity contribution in [1.82, 2.24) is 29.3 Å². The highest BCUT2D eigenvalue weighted by Crippen LogP contribution is 2.37. The molecule has 3 aromatic heterocycles. The summed E-state index contributed by atoms with van der Waals surface area (Å²) in [6, 6.07) is 3.91. The van der Waals surface area contributed by atoms with Gasteiger partial charge in [-0.3, -0.25) is 9.48 Å². The minimum absolute atomic E-state index is 0.0741. The lowest BCUT2D eigenvalue weighted by Gasteiger charge is -2.26. The maximum atomic E-state index is 13.0. The first-order valence-electron chi connectivity index (χ1n) is 9.60. The van der Waals surface area contributed by atoms with Gasteiger partial charge in [0.1, 0.15) is 16.7 Å². The number of amides is 1. The van der Waals surface area contributed by atoms with Gasteiger partial charge in [0.25, 0.3) is 15.9 Å². The summed E-state index contributed by atoms with van der Waals surface area (Å²) < 4.78 is 73.5. The van der Waals surface area contributed by atoms with Crippen molar-refractivity contribution >= 4 is 27.5 Å². The third-order valence-electron chi connectivity index (χ3n) is 4.93. The molecule has 0 bridgehead atoms. The van der Waals surface area contributed by atoms with Crippen LogP contribution >= 0.6 is 11.6 Å². The van der Waals surface area contributed by atoms with E-state index in [9.17, 15) is 26.4 Å². The molecule has 0 radical (unpaired) electrons. The zero-order valence-electron chi connectivity index (χ0n) is 18.4. The number of sulfonamides is 1. The molecular weight excluding hydrogens is 501 g/mol. The monoisotopic (exact) mass is 520 g/mol. The Labute approximate surface area is 197 Å². The molecule has 0 aliphatic heterocycles. The lowest BCUT2D eigenvalue weighted by molar-refractivity contribution is -0.219. The van der Waals surface area contributed by atoms with Gasteiger partial charge >= 0.3 is 6.18 Å². The topological polar surface area (TPSA) is 121 Å². The van der Waals surface area contributed by atoms with Crippen LogP contribution < -0.4 is 9.46 Å². The van der Waals surface area contributed by atoms with Crippen LogP contribution in [0.2, 0.25) is 5.15 Å². The van der Waals surface area contributed by atoms with Crippen LogP contribution in [0.25, 0.3) is 5.82 Å². The number of alkyl halides is 3. The van der Waals surface area contributed by atoms with E-state index in [1.165, 1.54) is 40.7 Å². The predicted molar refractivity (Wildman–Crippen MR) is 114 cm³/mol. The van der Waals surface area contributed by atoms with Gasteiger partial charge in [0.2, 0.25) is 5.88 Å². The summed E-state index contributed by atoms with van der Waals surface area (Å²) in [5.41, 5.74) is -1.97. The lowest BCUT2D eigenvalue weighted by Crippen LogP contribution is -2.37. The van der Waals surface area contributed by atoms with Crippen LogP contribution in [-0.4, -0.2) is 51.7 Å². The van der Waals surface area contributed by atoms with Crippen molar-refractivity contribution in [3.05, 3.63) is 47.0 Å². The van der Waals surface area contributed by atoms with Gasteiger partial charge in [-0.2, -0.15) is 18.3 Å². The number of rotatable bonds is 7. The molecule has 1 amide bonds. The van der Waals surface area contributed by atoms with Crippen LogP contribution in [0.1, 0.15) is 29.9 Å². The molecule has 0 spiro atoms. The van der Waals surface area contributed by atoms with Crippen LogP contribution in [0.5, 0.6) is 5.88 Å². The Balaban J connectivity index is 1.74. The molecule has 15 heteroatoms. The normalized spacial score (nSPS) is 12.6. The van der Waals surface area contributed by atoms with E-state index in [1.807, 2.05) is 4.72 Å². The van der Waals surface area contributed by atoms with Crippen LogP contribution in [0.4, 0.5) is 13.2 Å². The molecule has 3 heterocycles. The number of carbonyl (C=O) groups excluding carboxylic acids is 1. The van der Waals surface area contributed by atoms with Gasteiger partial charge in [-0.15, -0.1) is 5.10 Å². The van der Waals surface area contributed by atoms with Crippen molar-refractivity contribution in [3.63, 3.8) is 0 Å². The average Bonchev–Trinajstić information content (AvgIpc) is 3.32. The largest absolute Gasteiger partial charge is 0.476 e. The maximum Gasteiger partial charge on any atom is 0.397 e. The van der Waals surface area contributed by atoms with Crippen LogP contribution in [0.3, 0.4) is 0 Å². The van der Waals surface area contributed by atoms with Gasteiger partial charge in [-0.05, 0) is 32.9 Å². The number of nitrogens with zero attached hydrogens (tertiary/aromatic N) is 5. The van der Waals surface area contributed by atoms with Crippen LogP contribution in [0.15, 0.2) is 35.5 Å². The van der Waals surface area contributed by atoms with E-state index in [0.717, 1.165) is 20.0 Å². The van der Waals surface area contributed by atoms with Gasteiger partial charge < -0.3 is 4.74 Å². The van der Waals surface area contributed by atoms with Gasteiger partial charge in [0.05, 0.1) is 22.9 Å². The molecule has 0 aliphatic rings. The average molecular weight is 521 g/mol. The molecule has 0 aliphatic carbocycles. The summed E-state index contributed by atoms with van der Waals surface area (Å²) >= 11 is 6.08. The smallest absolute Gasteiger partial charge is 0.397 e. The third kappa shape index (κ3) is 5.17. The van der Waals surface area contributed by atoms with E-state index in [0.29, 0.717) is 5.69 Å². The van der Waals surface area contributed by atoms with E-state index in [4.69, 9.17) is 16.3 Å². The first kappa shape index (κ1) is 25.5. The molecule has 0 atom stereocenters. The SMILES string of the molecule is Cc1c(S(=O)(=O)NC(=O)c2ccc(-n3ccc(OCC(C)(C)C(F)(F)F)n3)nc2Cl)cnn1C. The highest BCUT2D eigenvalue weighted by Gasteiger charge is 2.48. The molecule has 34 heavy (non-hydrogen) atoms. The second-order valence-corrected chi connectivity index (χ2v) is 9.94. The maximum absolute atomic E-state index is 13.0. The van der Waals surface area contributed by atoms with Crippen molar-refractivity contribution in [2.24, 2.45) is 12.5 Å². The molecule has 0 fully saturated rings. The number of nitrogens with one attached hydrogen (secondary N) is 1. The molecule has 3 aromatic rings. The number of aromatic nitrogens is 5. The molecular formula is C19H20ClF3N6O4S. The van der Waals surface area contributed by atoms with E-state index in [-0.39, 0.29) is 27.3 Å². The Morgan fingerprint density at radius 3 is 2.47 bits per heavy atom. The molecule has 10 nitrogen and oxygen atoms in total. The number of hydrogen-bond donors (Lipinski definition) is 1. The molecule has 184 valence electrons. The van der Waals surface area contributed by atoms with E-state index in [1.54, 1.807) is 7.05 Å². The molecule has 0 aromatic carbocycles. The quantitative estimate of drug-likeness (QED) is 0.475. The fourth-order valence-electron chi connectivity index (χ4n) is 2.54. The van der Waals surface area contributed by atoms with Gasteiger partial charge in [-0.25, -0.2) is 22.8 Å². The summed E-state index contributed by atoms with van der Waals surface area (Å²) in [4.78, 5) is 16.4. The fraction of sp³-hybridized carbons (Fsp3) is 0.368. The Hall–Kier alpha value is -3.13.